The number of nitrogens with one attached hydrogen (secondary N) is 1. The molecule has 0 unspecified atom stereocenters. The van der Waals surface area contributed by atoms with E-state index in [2.05, 4.69) is 5.32 Å². The first-order chi connectivity index (χ1) is 17.5. The molecule has 0 aliphatic carbocycles. The van der Waals surface area contributed by atoms with Crippen molar-refractivity contribution in [2.45, 2.75) is 37.4 Å². The third kappa shape index (κ3) is 6.82. The molecule has 1 aliphatic rings. The molecule has 1 aliphatic heterocycles. The molecular formula is C27H24F6N2O2. The van der Waals surface area contributed by atoms with Crippen LogP contribution in [-0.2, 0) is 23.7 Å². The summed E-state index contributed by atoms with van der Waals surface area (Å²) < 4.78 is 85.4. The highest BCUT2D eigenvalue weighted by Gasteiger charge is 2.37. The molecule has 3 aromatic carbocycles. The summed E-state index contributed by atoms with van der Waals surface area (Å²) >= 11 is 0. The second kappa shape index (κ2) is 10.8. The number of piperidine rings is 1. The van der Waals surface area contributed by atoms with Crippen molar-refractivity contribution in [3.63, 3.8) is 0 Å². The van der Waals surface area contributed by atoms with Crippen molar-refractivity contribution in [1.29, 1.82) is 0 Å². The molecule has 0 saturated carbocycles. The first-order valence-corrected chi connectivity index (χ1v) is 11.6. The zero-order valence-electron chi connectivity index (χ0n) is 19.5. The number of alkyl halides is 6. The average Bonchev–Trinajstić information content (AvgIpc) is 2.87. The van der Waals surface area contributed by atoms with Crippen molar-refractivity contribution in [2.24, 2.45) is 0 Å². The molecule has 1 heterocycles. The lowest BCUT2D eigenvalue weighted by molar-refractivity contribution is -0.143. The maximum Gasteiger partial charge on any atom is 0.416 e. The number of carbonyl (C=O) groups excluding carboxylic acids is 1. The second-order valence-electron chi connectivity index (χ2n) is 8.81. The number of halogens is 6. The highest BCUT2D eigenvalue weighted by Crippen LogP contribution is 2.37. The number of likely N-dealkylation sites (tertiary alicyclic amines) is 1. The molecule has 4 nitrogen and oxygen atoms in total. The van der Waals surface area contributed by atoms with Gasteiger partial charge in [0.25, 0.3) is 0 Å². The number of amides is 2. The van der Waals surface area contributed by atoms with Gasteiger partial charge >= 0.3 is 18.4 Å². The molecule has 0 radical (unpaired) electrons. The van der Waals surface area contributed by atoms with Gasteiger partial charge in [0.15, 0.2) is 0 Å². The van der Waals surface area contributed by atoms with Crippen LogP contribution in [0.25, 0.3) is 0 Å². The van der Waals surface area contributed by atoms with Crippen LogP contribution in [0.2, 0.25) is 0 Å². The fourth-order valence-corrected chi connectivity index (χ4v) is 4.36. The van der Waals surface area contributed by atoms with Crippen LogP contribution in [0.1, 0.15) is 34.6 Å². The van der Waals surface area contributed by atoms with Gasteiger partial charge in [-0.05, 0) is 47.9 Å². The van der Waals surface area contributed by atoms with Crippen LogP contribution in [0, 0.1) is 0 Å². The molecule has 2 atom stereocenters. The van der Waals surface area contributed by atoms with E-state index in [9.17, 15) is 31.1 Å². The summed E-state index contributed by atoms with van der Waals surface area (Å²) in [5.74, 6) is -0.329. The van der Waals surface area contributed by atoms with Gasteiger partial charge in [-0.1, -0.05) is 48.5 Å². The van der Waals surface area contributed by atoms with Gasteiger partial charge in [-0.3, -0.25) is 0 Å². The molecule has 3 aromatic rings. The summed E-state index contributed by atoms with van der Waals surface area (Å²) in [6, 6.07) is 19.2. The maximum absolute atomic E-state index is 13.2. The SMILES string of the molecule is O=C(Nc1ccccc1)N1CC[C@H](OCc2cc(C(F)(F)F)cc(C(F)(F)F)c2)[C@H](c2ccccc2)C1. The lowest BCUT2D eigenvalue weighted by Gasteiger charge is -2.38. The molecule has 2 amide bonds. The van der Waals surface area contributed by atoms with Crippen LogP contribution in [0.15, 0.2) is 78.9 Å². The van der Waals surface area contributed by atoms with Crippen molar-refractivity contribution >= 4 is 11.7 Å². The van der Waals surface area contributed by atoms with Gasteiger partial charge in [-0.2, -0.15) is 26.3 Å². The van der Waals surface area contributed by atoms with Gasteiger partial charge in [-0.25, -0.2) is 4.79 Å². The van der Waals surface area contributed by atoms with Crippen molar-refractivity contribution in [3.05, 3.63) is 101 Å². The Bertz CT molecular complexity index is 1170. The molecule has 4 rings (SSSR count). The number of hydrogen-bond donors (Lipinski definition) is 1. The lowest BCUT2D eigenvalue weighted by atomic mass is 9.88. The number of ether oxygens (including phenoxy) is 1. The standard InChI is InChI=1S/C27H24F6N2O2/c28-26(29,30)20-13-18(14-21(15-20)27(31,32)33)17-37-24-11-12-35(16-23(24)19-7-3-1-4-8-19)25(36)34-22-9-5-2-6-10-22/h1-10,13-15,23-24H,11-12,16-17H2,(H,34,36)/t23-,24-/m0/s1. The molecule has 1 fully saturated rings. The minimum Gasteiger partial charge on any atom is -0.373 e. The Morgan fingerprint density at radius 2 is 1.43 bits per heavy atom. The highest BCUT2D eigenvalue weighted by molar-refractivity contribution is 5.89. The molecule has 0 aromatic heterocycles. The van der Waals surface area contributed by atoms with Gasteiger partial charge in [0.05, 0.1) is 23.8 Å². The summed E-state index contributed by atoms with van der Waals surface area (Å²) in [6.45, 7) is 0.143. The summed E-state index contributed by atoms with van der Waals surface area (Å²) in [4.78, 5) is 14.5. The van der Waals surface area contributed by atoms with E-state index in [1.165, 1.54) is 0 Å². The van der Waals surface area contributed by atoms with Crippen LogP contribution >= 0.6 is 0 Å². The van der Waals surface area contributed by atoms with Crippen LogP contribution in [0.5, 0.6) is 0 Å². The zero-order valence-corrected chi connectivity index (χ0v) is 19.5. The third-order valence-electron chi connectivity index (χ3n) is 6.20. The predicted octanol–water partition coefficient (Wildman–Crippen LogP) is 7.33. The van der Waals surface area contributed by atoms with Crippen molar-refractivity contribution in [3.8, 4) is 0 Å². The Morgan fingerprint density at radius 3 is 2.00 bits per heavy atom. The summed E-state index contributed by atoms with van der Waals surface area (Å²) in [5, 5.41) is 2.83. The van der Waals surface area contributed by atoms with Gasteiger partial charge in [-0.15, -0.1) is 0 Å². The van der Waals surface area contributed by atoms with E-state index in [1.54, 1.807) is 29.2 Å². The molecular weight excluding hydrogens is 498 g/mol. The molecule has 1 N–H and O–H groups in total. The normalized spacial score (nSPS) is 18.5. The molecule has 0 spiro atoms. The number of urea groups is 1. The number of para-hydroxylation sites is 1. The summed E-state index contributed by atoms with van der Waals surface area (Å²) in [7, 11) is 0. The van der Waals surface area contributed by atoms with E-state index >= 15 is 0 Å². The Labute approximate surface area is 209 Å². The first-order valence-electron chi connectivity index (χ1n) is 11.6. The van der Waals surface area contributed by atoms with E-state index < -0.39 is 36.2 Å². The molecule has 10 heteroatoms. The fraction of sp³-hybridized carbons (Fsp3) is 0.296. The van der Waals surface area contributed by atoms with Crippen molar-refractivity contribution in [2.75, 3.05) is 18.4 Å². The fourth-order valence-electron chi connectivity index (χ4n) is 4.36. The average molecular weight is 522 g/mol. The zero-order chi connectivity index (χ0) is 26.6. The number of benzene rings is 3. The Morgan fingerprint density at radius 1 is 0.865 bits per heavy atom. The van der Waals surface area contributed by atoms with Gasteiger partial charge in [0.2, 0.25) is 0 Å². The van der Waals surface area contributed by atoms with E-state index in [0.717, 1.165) is 5.56 Å². The number of hydrogen-bond acceptors (Lipinski definition) is 2. The van der Waals surface area contributed by atoms with E-state index in [1.807, 2.05) is 36.4 Å². The second-order valence-corrected chi connectivity index (χ2v) is 8.81. The largest absolute Gasteiger partial charge is 0.416 e. The van der Waals surface area contributed by atoms with Crippen molar-refractivity contribution < 1.29 is 35.9 Å². The van der Waals surface area contributed by atoms with E-state index in [4.69, 9.17) is 4.74 Å². The predicted molar refractivity (Wildman–Crippen MR) is 126 cm³/mol. The number of nitrogens with zero attached hydrogens (tertiary/aromatic N) is 1. The Hall–Kier alpha value is -3.53. The molecule has 0 bridgehead atoms. The van der Waals surface area contributed by atoms with E-state index in [0.29, 0.717) is 30.8 Å². The van der Waals surface area contributed by atoms with Crippen LogP contribution in [-0.4, -0.2) is 30.1 Å². The van der Waals surface area contributed by atoms with Crippen LogP contribution < -0.4 is 5.32 Å². The minimum absolute atomic E-state index is 0.0973. The highest BCUT2D eigenvalue weighted by atomic mass is 19.4. The van der Waals surface area contributed by atoms with Gasteiger partial charge in [0, 0.05) is 24.7 Å². The van der Waals surface area contributed by atoms with Gasteiger partial charge in [0.1, 0.15) is 0 Å². The minimum atomic E-state index is -4.93. The maximum atomic E-state index is 13.2. The van der Waals surface area contributed by atoms with Gasteiger partial charge < -0.3 is 15.0 Å². The monoisotopic (exact) mass is 522 g/mol. The van der Waals surface area contributed by atoms with Crippen LogP contribution in [0.3, 0.4) is 0 Å². The number of rotatable bonds is 5. The Kier molecular flexibility index (Phi) is 7.77. The van der Waals surface area contributed by atoms with Crippen LogP contribution in [0.4, 0.5) is 36.8 Å². The quantitative estimate of drug-likeness (QED) is 0.357. The smallest absolute Gasteiger partial charge is 0.373 e. The van der Waals surface area contributed by atoms with Crippen molar-refractivity contribution in [1.82, 2.24) is 4.90 Å². The summed E-state index contributed by atoms with van der Waals surface area (Å²) in [6.07, 6.45) is -10.0. The number of carbonyl (C=O) groups is 1. The summed E-state index contributed by atoms with van der Waals surface area (Å²) in [5.41, 5.74) is -1.50. The van der Waals surface area contributed by atoms with E-state index in [-0.39, 0.29) is 30.1 Å². The third-order valence-corrected chi connectivity index (χ3v) is 6.20. The number of anilines is 1. The topological polar surface area (TPSA) is 41.6 Å². The molecule has 1 saturated heterocycles. The lowest BCUT2D eigenvalue weighted by Crippen LogP contribution is -2.47. The Balaban J connectivity index is 1.52. The molecule has 196 valence electrons. The first kappa shape index (κ1) is 26.5. The molecule has 37 heavy (non-hydrogen) atoms.